The average Bonchev–Trinajstić information content (AvgIpc) is 2.87. The van der Waals surface area contributed by atoms with E-state index in [4.69, 9.17) is 28.6 Å². The fraction of sp³-hybridized carbons (Fsp3) is 0.353. The Labute approximate surface area is 163 Å². The van der Waals surface area contributed by atoms with Crippen molar-refractivity contribution in [1.82, 2.24) is 25.9 Å². The van der Waals surface area contributed by atoms with Gasteiger partial charge < -0.3 is 10.1 Å². The summed E-state index contributed by atoms with van der Waals surface area (Å²) in [7, 11) is 1.61. The van der Waals surface area contributed by atoms with E-state index in [-0.39, 0.29) is 16.3 Å². The molecule has 0 aliphatic heterocycles. The second-order valence-electron chi connectivity index (χ2n) is 5.80. The fourth-order valence-electron chi connectivity index (χ4n) is 2.40. The van der Waals surface area contributed by atoms with Gasteiger partial charge in [0.15, 0.2) is 5.11 Å². The van der Waals surface area contributed by atoms with Gasteiger partial charge in [0.05, 0.1) is 18.8 Å². The maximum Gasteiger partial charge on any atom is 0.274 e. The van der Waals surface area contributed by atoms with E-state index < -0.39 is 5.91 Å². The normalized spacial score (nSPS) is 11.7. The third-order valence-corrected chi connectivity index (χ3v) is 4.16. The Hall–Kier alpha value is -2.16. The van der Waals surface area contributed by atoms with Gasteiger partial charge in [0.2, 0.25) is 0 Å². The number of hydrogen-bond acceptors (Lipinski definition) is 4. The maximum atomic E-state index is 12.4. The van der Waals surface area contributed by atoms with Gasteiger partial charge >= 0.3 is 0 Å². The summed E-state index contributed by atoms with van der Waals surface area (Å²) in [6.07, 6.45) is 0. The van der Waals surface area contributed by atoms with Crippen molar-refractivity contribution in [3.8, 4) is 0 Å². The van der Waals surface area contributed by atoms with E-state index in [0.717, 1.165) is 5.56 Å². The number of ether oxygens (including phenoxy) is 1. The van der Waals surface area contributed by atoms with E-state index in [1.807, 2.05) is 37.3 Å². The maximum absolute atomic E-state index is 12.4. The first-order valence-electron chi connectivity index (χ1n) is 8.05. The van der Waals surface area contributed by atoms with E-state index in [1.54, 1.807) is 18.7 Å². The smallest absolute Gasteiger partial charge is 0.274 e. The minimum absolute atomic E-state index is 0.0100. The molecular weight excluding hydrogens is 374 g/mol. The van der Waals surface area contributed by atoms with Crippen LogP contribution in [0.5, 0.6) is 0 Å². The number of rotatable bonds is 6. The first-order chi connectivity index (χ1) is 12.4. The average molecular weight is 396 g/mol. The molecule has 26 heavy (non-hydrogen) atoms. The molecule has 1 aromatic heterocycles. The summed E-state index contributed by atoms with van der Waals surface area (Å²) in [6, 6.07) is 9.77. The van der Waals surface area contributed by atoms with Gasteiger partial charge in [0, 0.05) is 13.2 Å². The lowest BCUT2D eigenvalue weighted by atomic mass is 10.2. The van der Waals surface area contributed by atoms with Crippen LogP contribution in [0.25, 0.3) is 0 Å². The monoisotopic (exact) mass is 395 g/mol. The molecule has 1 heterocycles. The van der Waals surface area contributed by atoms with Gasteiger partial charge in [-0.2, -0.15) is 5.10 Å². The predicted molar refractivity (Wildman–Crippen MR) is 105 cm³/mol. The summed E-state index contributed by atoms with van der Waals surface area (Å²) in [5, 5.41) is 7.90. The van der Waals surface area contributed by atoms with Gasteiger partial charge in [-0.1, -0.05) is 41.9 Å². The molecule has 0 spiro atoms. The van der Waals surface area contributed by atoms with Crippen LogP contribution in [0.4, 0.5) is 0 Å². The van der Waals surface area contributed by atoms with E-state index >= 15 is 0 Å². The van der Waals surface area contributed by atoms with Gasteiger partial charge in [0.25, 0.3) is 5.91 Å². The molecule has 0 radical (unpaired) electrons. The SMILES string of the molecule is COC[C@H](C)NC(=S)NNC(=O)c1c(C)nn(Cc2ccccc2)c1Cl. The minimum Gasteiger partial charge on any atom is -0.383 e. The van der Waals surface area contributed by atoms with Crippen LogP contribution in [-0.4, -0.2) is 40.6 Å². The molecule has 0 saturated carbocycles. The highest BCUT2D eigenvalue weighted by molar-refractivity contribution is 7.80. The molecule has 7 nitrogen and oxygen atoms in total. The Balaban J connectivity index is 2.00. The number of hydrazine groups is 1. The Kier molecular flexibility index (Phi) is 7.38. The summed E-state index contributed by atoms with van der Waals surface area (Å²) in [5.74, 6) is -0.407. The van der Waals surface area contributed by atoms with Crippen molar-refractivity contribution in [2.75, 3.05) is 13.7 Å². The lowest BCUT2D eigenvalue weighted by molar-refractivity contribution is 0.0943. The van der Waals surface area contributed by atoms with Crippen LogP contribution in [0.15, 0.2) is 30.3 Å². The molecular formula is C17H22ClN5O2S. The van der Waals surface area contributed by atoms with Crippen molar-refractivity contribution in [3.63, 3.8) is 0 Å². The van der Waals surface area contributed by atoms with Gasteiger partial charge in [-0.15, -0.1) is 0 Å². The first kappa shape index (κ1) is 20.2. The predicted octanol–water partition coefficient (Wildman–Crippen LogP) is 2.04. The highest BCUT2D eigenvalue weighted by Crippen LogP contribution is 2.20. The van der Waals surface area contributed by atoms with Gasteiger partial charge in [-0.25, -0.2) is 4.68 Å². The molecule has 9 heteroatoms. The summed E-state index contributed by atoms with van der Waals surface area (Å²) >= 11 is 11.5. The molecule has 1 aromatic carbocycles. The standard InChI is InChI=1S/C17H22ClN5O2S/c1-11(10-25-3)19-17(26)21-20-16(24)14-12(2)22-23(15(14)18)9-13-7-5-4-6-8-13/h4-8,11H,9-10H2,1-3H3,(H,20,24)(H2,19,21,26)/t11-/m0/s1. The number of hydrogen-bond donors (Lipinski definition) is 3. The molecule has 2 rings (SSSR count). The third kappa shape index (κ3) is 5.42. The van der Waals surface area contributed by atoms with E-state index in [2.05, 4.69) is 21.3 Å². The lowest BCUT2D eigenvalue weighted by Crippen LogP contribution is -2.50. The molecule has 140 valence electrons. The molecule has 0 aliphatic carbocycles. The number of methoxy groups -OCH3 is 1. The number of carbonyl (C=O) groups is 1. The van der Waals surface area contributed by atoms with Crippen molar-refractivity contribution >= 4 is 34.8 Å². The molecule has 3 N–H and O–H groups in total. The van der Waals surface area contributed by atoms with Crippen LogP contribution in [0.1, 0.15) is 28.5 Å². The van der Waals surface area contributed by atoms with Crippen LogP contribution in [0.2, 0.25) is 5.15 Å². The van der Waals surface area contributed by atoms with Crippen LogP contribution >= 0.6 is 23.8 Å². The highest BCUT2D eigenvalue weighted by atomic mass is 35.5. The minimum atomic E-state index is -0.407. The number of thiocarbonyl (C=S) groups is 1. The summed E-state index contributed by atoms with van der Waals surface area (Å²) < 4.78 is 6.61. The van der Waals surface area contributed by atoms with Crippen molar-refractivity contribution < 1.29 is 9.53 Å². The molecule has 0 aliphatic rings. The molecule has 2 aromatic rings. The summed E-state index contributed by atoms with van der Waals surface area (Å²) in [4.78, 5) is 12.4. The van der Waals surface area contributed by atoms with Crippen LogP contribution in [0.3, 0.4) is 0 Å². The number of aromatic nitrogens is 2. The fourth-order valence-corrected chi connectivity index (χ4v) is 2.97. The number of nitrogens with one attached hydrogen (secondary N) is 3. The Bertz CT molecular complexity index is 766. The number of aryl methyl sites for hydroxylation is 1. The van der Waals surface area contributed by atoms with Crippen molar-refractivity contribution in [3.05, 3.63) is 52.3 Å². The lowest BCUT2D eigenvalue weighted by Gasteiger charge is -2.16. The van der Waals surface area contributed by atoms with Crippen LogP contribution in [-0.2, 0) is 11.3 Å². The molecule has 0 bridgehead atoms. The number of carbonyl (C=O) groups excluding carboxylic acids is 1. The van der Waals surface area contributed by atoms with Crippen LogP contribution in [0, 0.1) is 6.92 Å². The first-order valence-corrected chi connectivity index (χ1v) is 8.83. The zero-order valence-corrected chi connectivity index (χ0v) is 16.4. The largest absolute Gasteiger partial charge is 0.383 e. The Morgan fingerprint density at radius 1 is 1.35 bits per heavy atom. The molecule has 1 atom stereocenters. The van der Waals surface area contributed by atoms with Crippen LogP contribution < -0.4 is 16.2 Å². The molecule has 1 amide bonds. The van der Waals surface area contributed by atoms with E-state index in [1.165, 1.54) is 0 Å². The number of amides is 1. The van der Waals surface area contributed by atoms with Gasteiger partial charge in [-0.05, 0) is 31.6 Å². The zero-order chi connectivity index (χ0) is 19.1. The quantitative estimate of drug-likeness (QED) is 0.513. The van der Waals surface area contributed by atoms with Gasteiger partial charge in [0.1, 0.15) is 10.7 Å². The summed E-state index contributed by atoms with van der Waals surface area (Å²) in [5.41, 5.74) is 7.08. The second kappa shape index (κ2) is 9.51. The number of halogens is 1. The van der Waals surface area contributed by atoms with Crippen molar-refractivity contribution in [1.29, 1.82) is 0 Å². The van der Waals surface area contributed by atoms with Crippen molar-refractivity contribution in [2.45, 2.75) is 26.4 Å². The zero-order valence-electron chi connectivity index (χ0n) is 14.9. The van der Waals surface area contributed by atoms with E-state index in [9.17, 15) is 4.79 Å². The molecule has 0 saturated heterocycles. The Morgan fingerprint density at radius 2 is 2.04 bits per heavy atom. The molecule has 0 unspecified atom stereocenters. The number of benzene rings is 1. The third-order valence-electron chi connectivity index (χ3n) is 3.55. The van der Waals surface area contributed by atoms with Gasteiger partial charge in [-0.3, -0.25) is 15.6 Å². The number of nitrogens with zero attached hydrogens (tertiary/aromatic N) is 2. The summed E-state index contributed by atoms with van der Waals surface area (Å²) in [6.45, 7) is 4.62. The van der Waals surface area contributed by atoms with E-state index in [0.29, 0.717) is 24.4 Å². The highest BCUT2D eigenvalue weighted by Gasteiger charge is 2.20. The van der Waals surface area contributed by atoms with Crippen molar-refractivity contribution in [2.24, 2.45) is 0 Å². The topological polar surface area (TPSA) is 80.2 Å². The second-order valence-corrected chi connectivity index (χ2v) is 6.57. The Morgan fingerprint density at radius 3 is 2.69 bits per heavy atom. The molecule has 0 fully saturated rings.